The van der Waals surface area contributed by atoms with Crippen LogP contribution in [0.25, 0.3) is 0 Å². The SMILES string of the molecule is COC(=O)[C@H](CO)NC(=O)c1nc2oc1[C@@]13c4ccccc4NC1Oc1ccc(cc13)C[C@H](NC(=O)[C@@H](O)C(C)C)C(=O)N[C@H]2C(C)C. The molecule has 0 fully saturated rings. The van der Waals surface area contributed by atoms with Gasteiger partial charge >= 0.3 is 5.97 Å². The van der Waals surface area contributed by atoms with E-state index in [0.717, 1.165) is 18.4 Å². The molecular formula is C34H39N5O9. The number of amides is 3. The predicted molar refractivity (Wildman–Crippen MR) is 170 cm³/mol. The van der Waals surface area contributed by atoms with Crippen molar-refractivity contribution in [2.24, 2.45) is 11.8 Å². The molecule has 6 atom stereocenters. The van der Waals surface area contributed by atoms with Crippen LogP contribution in [0.2, 0.25) is 0 Å². The van der Waals surface area contributed by atoms with Gasteiger partial charge in [-0.25, -0.2) is 9.78 Å². The summed E-state index contributed by atoms with van der Waals surface area (Å²) in [5, 5.41) is 31.9. The van der Waals surface area contributed by atoms with E-state index in [1.165, 1.54) is 0 Å². The highest BCUT2D eigenvalue weighted by Gasteiger charge is 2.61. The van der Waals surface area contributed by atoms with Gasteiger partial charge in [-0.2, -0.15) is 0 Å². The number of fused-ring (bicyclic) bond motifs is 4. The number of aromatic nitrogens is 1. The number of carbonyl (C=O) groups is 4. The Bertz CT molecular complexity index is 1770. The Morgan fingerprint density at radius 1 is 1.10 bits per heavy atom. The van der Waals surface area contributed by atoms with Gasteiger partial charge in [0.25, 0.3) is 5.91 Å². The predicted octanol–water partition coefficient (Wildman–Crippen LogP) is 1.29. The van der Waals surface area contributed by atoms with E-state index >= 15 is 0 Å². The first-order valence-corrected chi connectivity index (χ1v) is 15.9. The third kappa shape index (κ3) is 5.34. The van der Waals surface area contributed by atoms with Crippen molar-refractivity contribution in [2.45, 2.75) is 70.0 Å². The van der Waals surface area contributed by atoms with Crippen molar-refractivity contribution < 1.29 is 43.3 Å². The largest absolute Gasteiger partial charge is 0.469 e. The monoisotopic (exact) mass is 661 g/mol. The van der Waals surface area contributed by atoms with Gasteiger partial charge in [0, 0.05) is 17.7 Å². The quantitative estimate of drug-likeness (QED) is 0.190. The van der Waals surface area contributed by atoms with Crippen LogP contribution in [-0.2, 0) is 31.0 Å². The topological polar surface area (TPSA) is 201 Å². The van der Waals surface area contributed by atoms with Crippen LogP contribution in [0.4, 0.5) is 5.69 Å². The zero-order chi connectivity index (χ0) is 34.5. The van der Waals surface area contributed by atoms with E-state index in [9.17, 15) is 29.4 Å². The van der Waals surface area contributed by atoms with Crippen molar-refractivity contribution >= 4 is 29.4 Å². The molecule has 48 heavy (non-hydrogen) atoms. The van der Waals surface area contributed by atoms with Crippen LogP contribution in [0.15, 0.2) is 46.9 Å². The smallest absolute Gasteiger partial charge is 0.330 e. The lowest BCUT2D eigenvalue weighted by atomic mass is 9.72. The fourth-order valence-corrected chi connectivity index (χ4v) is 6.56. The fourth-order valence-electron chi connectivity index (χ4n) is 6.56. The molecule has 6 N–H and O–H groups in total. The van der Waals surface area contributed by atoms with Crippen molar-refractivity contribution in [1.82, 2.24) is 20.9 Å². The second kappa shape index (κ2) is 12.6. The van der Waals surface area contributed by atoms with Crippen molar-refractivity contribution in [3.05, 3.63) is 76.5 Å². The summed E-state index contributed by atoms with van der Waals surface area (Å²) in [6.45, 7) is 6.34. The van der Waals surface area contributed by atoms with E-state index in [1.54, 1.807) is 26.0 Å². The summed E-state index contributed by atoms with van der Waals surface area (Å²) in [5.74, 6) is -2.99. The summed E-state index contributed by atoms with van der Waals surface area (Å²) in [6.07, 6.45) is -2.04. The molecule has 3 aliphatic rings. The Kier molecular flexibility index (Phi) is 8.64. The Labute approximate surface area is 276 Å². The normalized spacial score (nSPS) is 23.4. The maximum absolute atomic E-state index is 14.0. The minimum absolute atomic E-state index is 0.00657. The van der Waals surface area contributed by atoms with E-state index in [4.69, 9.17) is 13.9 Å². The van der Waals surface area contributed by atoms with Crippen LogP contribution in [0.1, 0.15) is 72.6 Å². The second-order valence-corrected chi connectivity index (χ2v) is 13.0. The van der Waals surface area contributed by atoms with Gasteiger partial charge in [0.05, 0.1) is 13.7 Å². The first kappa shape index (κ1) is 33.0. The highest BCUT2D eigenvalue weighted by Crippen LogP contribution is 2.58. The van der Waals surface area contributed by atoms with Crippen molar-refractivity contribution in [1.29, 1.82) is 0 Å². The van der Waals surface area contributed by atoms with Gasteiger partial charge < -0.3 is 45.4 Å². The lowest BCUT2D eigenvalue weighted by Crippen LogP contribution is -2.52. The molecule has 14 nitrogen and oxygen atoms in total. The molecule has 4 heterocycles. The minimum Gasteiger partial charge on any atom is -0.469 e. The van der Waals surface area contributed by atoms with Gasteiger partial charge in [0.15, 0.2) is 23.7 Å². The van der Waals surface area contributed by atoms with E-state index in [0.29, 0.717) is 16.9 Å². The Morgan fingerprint density at radius 2 is 1.85 bits per heavy atom. The highest BCUT2D eigenvalue weighted by atomic mass is 16.5. The Morgan fingerprint density at radius 3 is 2.54 bits per heavy atom. The van der Waals surface area contributed by atoms with Crippen LogP contribution in [0.5, 0.6) is 5.75 Å². The van der Waals surface area contributed by atoms with Crippen LogP contribution in [-0.4, -0.2) is 77.0 Å². The number of methoxy groups -OCH3 is 1. The number of hydrogen-bond donors (Lipinski definition) is 6. The average Bonchev–Trinajstić information content (AvgIpc) is 3.73. The number of aliphatic hydroxyl groups is 2. The summed E-state index contributed by atoms with van der Waals surface area (Å²) < 4.78 is 17.8. The zero-order valence-electron chi connectivity index (χ0n) is 27.2. The maximum atomic E-state index is 14.0. The van der Waals surface area contributed by atoms with Crippen LogP contribution >= 0.6 is 0 Å². The molecule has 1 spiro atoms. The summed E-state index contributed by atoms with van der Waals surface area (Å²) in [7, 11) is 1.14. The van der Waals surface area contributed by atoms with Crippen LogP contribution in [0.3, 0.4) is 0 Å². The zero-order valence-corrected chi connectivity index (χ0v) is 27.2. The number of rotatable bonds is 8. The van der Waals surface area contributed by atoms with Crippen LogP contribution in [0, 0.1) is 11.8 Å². The lowest BCUT2D eigenvalue weighted by Gasteiger charge is -2.29. The van der Waals surface area contributed by atoms with E-state index in [-0.39, 0.29) is 35.6 Å². The first-order valence-electron chi connectivity index (χ1n) is 15.9. The first-order chi connectivity index (χ1) is 22.9. The van der Waals surface area contributed by atoms with Crippen molar-refractivity contribution in [3.8, 4) is 5.75 Å². The van der Waals surface area contributed by atoms with E-state index in [1.807, 2.05) is 44.2 Å². The Balaban J connectivity index is 1.58. The van der Waals surface area contributed by atoms with Gasteiger partial charge in [-0.15, -0.1) is 0 Å². The number of carbonyl (C=O) groups excluding carboxylic acids is 4. The molecule has 3 aliphatic heterocycles. The summed E-state index contributed by atoms with van der Waals surface area (Å²) in [5.41, 5.74) is 1.32. The summed E-state index contributed by atoms with van der Waals surface area (Å²) >= 11 is 0. The molecule has 254 valence electrons. The molecule has 14 heteroatoms. The van der Waals surface area contributed by atoms with Crippen molar-refractivity contribution in [3.63, 3.8) is 0 Å². The summed E-state index contributed by atoms with van der Waals surface area (Å²) in [6, 6.07) is 9.54. The number of ether oxygens (including phenoxy) is 2. The number of benzene rings is 2. The molecule has 6 rings (SSSR count). The number of nitrogens with one attached hydrogen (secondary N) is 4. The number of nitrogens with zero attached hydrogens (tertiary/aromatic N) is 1. The highest BCUT2D eigenvalue weighted by molar-refractivity contribution is 5.97. The standard InChI is InChI=1S/C34H39N5O9/c1-15(2)24-31-39-25(29(43)36-22(14-40)32(45)46-5)27(48-31)34-18-8-6-7-9-20(18)37-33(34)47-23-11-10-17(12-19(23)34)13-21(28(42)38-24)35-30(44)26(41)16(3)4/h6-12,15-16,21-22,24,26,33,37,40-41H,13-14H2,1-5H3,(H,35,44)(H,36,43)(H,38,42)/t21-,22-,24-,26-,33?,34-/m0/s1. The molecule has 2 aromatic carbocycles. The number of aliphatic hydroxyl groups excluding tert-OH is 2. The third-order valence-electron chi connectivity index (χ3n) is 9.14. The van der Waals surface area contributed by atoms with Gasteiger partial charge in [-0.3, -0.25) is 14.4 Å². The van der Waals surface area contributed by atoms with Gasteiger partial charge in [-0.1, -0.05) is 58.0 Å². The Hall–Kier alpha value is -4.95. The molecule has 0 saturated heterocycles. The third-order valence-corrected chi connectivity index (χ3v) is 9.14. The molecule has 1 aromatic heterocycles. The minimum atomic E-state index is -1.38. The van der Waals surface area contributed by atoms with Gasteiger partial charge in [-0.05, 0) is 35.1 Å². The van der Waals surface area contributed by atoms with Crippen molar-refractivity contribution in [2.75, 3.05) is 19.0 Å². The number of esters is 1. The summed E-state index contributed by atoms with van der Waals surface area (Å²) in [4.78, 5) is 58.0. The van der Waals surface area contributed by atoms with Crippen LogP contribution < -0.4 is 26.0 Å². The molecule has 4 bridgehead atoms. The van der Waals surface area contributed by atoms with E-state index in [2.05, 4.69) is 26.3 Å². The maximum Gasteiger partial charge on any atom is 0.330 e. The molecule has 0 aliphatic carbocycles. The molecule has 0 radical (unpaired) electrons. The fraction of sp³-hybridized carbons (Fsp3) is 0.441. The average molecular weight is 662 g/mol. The van der Waals surface area contributed by atoms with Gasteiger partial charge in [0.1, 0.15) is 29.4 Å². The van der Waals surface area contributed by atoms with E-state index < -0.39 is 66.2 Å². The number of oxazole rings is 1. The molecule has 0 saturated carbocycles. The second-order valence-electron chi connectivity index (χ2n) is 13.0. The molecular weight excluding hydrogens is 622 g/mol. The van der Waals surface area contributed by atoms with Gasteiger partial charge in [0.2, 0.25) is 17.7 Å². The number of anilines is 1. The number of para-hydroxylation sites is 1. The molecule has 3 amide bonds. The number of hydrogen-bond acceptors (Lipinski definition) is 11. The molecule has 3 aromatic rings. The molecule has 1 unspecified atom stereocenters. The lowest BCUT2D eigenvalue weighted by molar-refractivity contribution is -0.143.